The van der Waals surface area contributed by atoms with Gasteiger partial charge in [0.05, 0.1) is 17.3 Å². The van der Waals surface area contributed by atoms with Gasteiger partial charge in [-0.25, -0.2) is 9.18 Å². The Labute approximate surface area is 245 Å². The molecule has 0 saturated heterocycles. The van der Waals surface area contributed by atoms with E-state index in [-0.39, 0.29) is 22.3 Å². The average Bonchev–Trinajstić information content (AvgIpc) is 2.90. The first kappa shape index (κ1) is 34.6. The molecule has 240 valence electrons. The summed E-state index contributed by atoms with van der Waals surface area (Å²) in [5.41, 5.74) is -8.38. The minimum atomic E-state index is -6.30. The number of alkyl halides is 10. The van der Waals surface area contributed by atoms with Crippen molar-refractivity contribution in [2.45, 2.75) is 42.4 Å². The van der Waals surface area contributed by atoms with Crippen molar-refractivity contribution in [2.75, 3.05) is 6.54 Å². The largest absolute Gasteiger partial charge is 0.461 e. The van der Waals surface area contributed by atoms with Gasteiger partial charge in [-0.3, -0.25) is 4.98 Å². The summed E-state index contributed by atoms with van der Waals surface area (Å²) in [6.45, 7) is -2.45. The Morgan fingerprint density at radius 1 is 0.932 bits per heavy atom. The summed E-state index contributed by atoms with van der Waals surface area (Å²) in [4.78, 5) is 17.0. The van der Waals surface area contributed by atoms with E-state index in [4.69, 9.17) is 11.6 Å². The Morgan fingerprint density at radius 3 is 2.07 bits per heavy atom. The summed E-state index contributed by atoms with van der Waals surface area (Å²) in [5, 5.41) is 12.8. The summed E-state index contributed by atoms with van der Waals surface area (Å²) >= 11 is 5.87. The number of nitrogens with zero attached hydrogens (tertiary/aromatic N) is 1. The summed E-state index contributed by atoms with van der Waals surface area (Å²) < 4.78 is 151. The Balaban J connectivity index is 2.20. The van der Waals surface area contributed by atoms with Gasteiger partial charge in [-0.1, -0.05) is 41.9 Å². The Morgan fingerprint density at radius 2 is 1.55 bits per heavy atom. The molecule has 3 N–H and O–H groups in total. The zero-order valence-corrected chi connectivity index (χ0v) is 22.3. The molecule has 6 nitrogen and oxygen atoms in total. The molecule has 3 rings (SSSR count). The monoisotopic (exact) mass is 665 g/mol. The van der Waals surface area contributed by atoms with Crippen molar-refractivity contribution in [2.24, 2.45) is 0 Å². The number of benzene rings is 2. The van der Waals surface area contributed by atoms with E-state index in [0.717, 1.165) is 12.3 Å². The number of nitrogens with one attached hydrogen (secondary N) is 2. The molecule has 1 heterocycles. The number of carbonyl (C=O) groups excluding carboxylic acids is 1. The summed E-state index contributed by atoms with van der Waals surface area (Å²) in [5.74, 6) is -2.58. The SMILES string of the molecule is O=C(NCC(O)(C(F)(F)F)C(F)(F)F)NC(Cc1ccccc1)(c1cc(F)cc(OC(F)(F)C(F)F)c1)c1ccc(Cl)cn1. The lowest BCUT2D eigenvalue weighted by molar-refractivity contribution is -0.364. The third-order valence-electron chi connectivity index (χ3n) is 6.12. The number of pyridine rings is 1. The van der Waals surface area contributed by atoms with Gasteiger partial charge in [0.2, 0.25) is 0 Å². The predicted molar refractivity (Wildman–Crippen MR) is 132 cm³/mol. The molecule has 0 spiro atoms. The van der Waals surface area contributed by atoms with Crippen molar-refractivity contribution < 1.29 is 62.9 Å². The van der Waals surface area contributed by atoms with Gasteiger partial charge in [0.25, 0.3) is 5.60 Å². The van der Waals surface area contributed by atoms with Crippen LogP contribution < -0.4 is 15.4 Å². The lowest BCUT2D eigenvalue weighted by atomic mass is 9.80. The third-order valence-corrected chi connectivity index (χ3v) is 6.34. The van der Waals surface area contributed by atoms with Crippen LogP contribution in [0.2, 0.25) is 5.02 Å². The molecule has 44 heavy (non-hydrogen) atoms. The van der Waals surface area contributed by atoms with E-state index in [9.17, 15) is 58.2 Å². The highest BCUT2D eigenvalue weighted by molar-refractivity contribution is 6.30. The summed E-state index contributed by atoms with van der Waals surface area (Å²) in [6, 6.07) is 9.30. The number of aliphatic hydroxyl groups is 1. The first-order valence-electron chi connectivity index (χ1n) is 11.9. The number of halogens is 12. The standard InChI is InChI=1S/C26H19ClF11N3O3/c27-16-6-7-19(39-12-16)22(11-14-4-2-1-3-5-14,15-8-17(28)10-18(9-15)44-24(31,32)20(29)30)41-21(42)40-13-23(43,25(33,34)35)26(36,37)38/h1-10,12,20,43H,11,13H2,(H2,40,41,42). The van der Waals surface area contributed by atoms with E-state index in [0.29, 0.717) is 12.1 Å². The van der Waals surface area contributed by atoms with Crippen LogP contribution in [0.4, 0.5) is 53.1 Å². The number of aromatic nitrogens is 1. The Hall–Kier alpha value is -3.86. The number of hydrogen-bond donors (Lipinski definition) is 3. The first-order valence-corrected chi connectivity index (χ1v) is 12.3. The van der Waals surface area contributed by atoms with Gasteiger partial charge < -0.3 is 20.5 Å². The predicted octanol–water partition coefficient (Wildman–Crippen LogP) is 6.75. The average molecular weight is 666 g/mol. The van der Waals surface area contributed by atoms with E-state index < -0.39 is 72.2 Å². The molecule has 1 aromatic heterocycles. The molecule has 0 aliphatic rings. The molecule has 0 saturated carbocycles. The Kier molecular flexibility index (Phi) is 9.94. The molecule has 1 atom stereocenters. The van der Waals surface area contributed by atoms with Crippen LogP contribution in [0.25, 0.3) is 0 Å². The molecule has 18 heteroatoms. The second-order valence-corrected chi connectivity index (χ2v) is 9.67. The zero-order valence-electron chi connectivity index (χ0n) is 21.6. The number of urea groups is 1. The molecule has 0 fully saturated rings. The van der Waals surface area contributed by atoms with E-state index in [2.05, 4.69) is 15.0 Å². The molecule has 1 unspecified atom stereocenters. The molecule has 2 aromatic carbocycles. The van der Waals surface area contributed by atoms with Crippen LogP contribution in [-0.2, 0) is 12.0 Å². The quantitative estimate of drug-likeness (QED) is 0.209. The number of ether oxygens (including phenoxy) is 1. The van der Waals surface area contributed by atoms with Gasteiger partial charge in [-0.15, -0.1) is 0 Å². The van der Waals surface area contributed by atoms with Crippen LogP contribution in [0.1, 0.15) is 16.8 Å². The van der Waals surface area contributed by atoms with Crippen LogP contribution in [0.3, 0.4) is 0 Å². The van der Waals surface area contributed by atoms with Crippen LogP contribution in [0.5, 0.6) is 5.75 Å². The van der Waals surface area contributed by atoms with Gasteiger partial charge in [0.1, 0.15) is 17.1 Å². The van der Waals surface area contributed by atoms with Gasteiger partial charge >= 0.3 is 30.9 Å². The molecule has 0 radical (unpaired) electrons. The van der Waals surface area contributed by atoms with Crippen LogP contribution in [-0.4, -0.2) is 53.2 Å². The van der Waals surface area contributed by atoms with Crippen molar-refractivity contribution in [1.29, 1.82) is 0 Å². The van der Waals surface area contributed by atoms with Crippen molar-refractivity contribution in [3.8, 4) is 5.75 Å². The van der Waals surface area contributed by atoms with Crippen molar-refractivity contribution >= 4 is 17.6 Å². The highest BCUT2D eigenvalue weighted by atomic mass is 35.5. The Bertz CT molecular complexity index is 1430. The number of amides is 2. The number of carbonyl (C=O) groups is 1. The van der Waals surface area contributed by atoms with Crippen LogP contribution in [0.15, 0.2) is 66.9 Å². The number of rotatable bonds is 10. The minimum Gasteiger partial charge on any atom is -0.428 e. The van der Waals surface area contributed by atoms with Crippen molar-refractivity contribution in [3.63, 3.8) is 0 Å². The fourth-order valence-corrected chi connectivity index (χ4v) is 4.04. The molecule has 0 aliphatic carbocycles. The van der Waals surface area contributed by atoms with Crippen LogP contribution in [0, 0.1) is 5.82 Å². The molecule has 3 aromatic rings. The normalized spacial score (nSPS) is 14.2. The van der Waals surface area contributed by atoms with E-state index in [1.165, 1.54) is 35.6 Å². The maximum Gasteiger partial charge on any atom is 0.461 e. The zero-order chi connectivity index (χ0) is 33.1. The van der Waals surface area contributed by atoms with Gasteiger partial charge in [0.15, 0.2) is 0 Å². The van der Waals surface area contributed by atoms with Gasteiger partial charge in [-0.2, -0.15) is 43.9 Å². The van der Waals surface area contributed by atoms with Crippen molar-refractivity contribution in [3.05, 3.63) is 94.5 Å². The molecule has 0 bridgehead atoms. The summed E-state index contributed by atoms with van der Waals surface area (Å²) in [7, 11) is 0. The third kappa shape index (κ3) is 7.61. The molecular weight excluding hydrogens is 647 g/mol. The van der Waals surface area contributed by atoms with Gasteiger partial charge in [-0.05, 0) is 35.4 Å². The maximum absolute atomic E-state index is 14.8. The van der Waals surface area contributed by atoms with E-state index in [1.807, 2.05) is 0 Å². The second-order valence-electron chi connectivity index (χ2n) is 9.23. The lowest BCUT2D eigenvalue weighted by Crippen LogP contribution is -2.64. The lowest BCUT2D eigenvalue weighted by Gasteiger charge is -2.37. The van der Waals surface area contributed by atoms with E-state index in [1.54, 1.807) is 6.07 Å². The fraction of sp³-hybridized carbons (Fsp3) is 0.308. The van der Waals surface area contributed by atoms with Crippen molar-refractivity contribution in [1.82, 2.24) is 15.6 Å². The minimum absolute atomic E-state index is 0.00734. The fourth-order valence-electron chi connectivity index (χ4n) is 3.93. The number of hydrogen-bond acceptors (Lipinski definition) is 4. The topological polar surface area (TPSA) is 83.5 Å². The van der Waals surface area contributed by atoms with Crippen LogP contribution >= 0.6 is 11.6 Å². The molecular formula is C26H19ClF11N3O3. The second kappa shape index (κ2) is 12.6. The smallest absolute Gasteiger partial charge is 0.428 e. The molecule has 2 amide bonds. The van der Waals surface area contributed by atoms with Gasteiger partial charge in [0, 0.05) is 18.7 Å². The highest BCUT2D eigenvalue weighted by Crippen LogP contribution is 2.43. The molecule has 0 aliphatic heterocycles. The summed E-state index contributed by atoms with van der Waals surface area (Å²) in [6.07, 6.45) is -21.6. The highest BCUT2D eigenvalue weighted by Gasteiger charge is 2.70. The van der Waals surface area contributed by atoms with E-state index >= 15 is 0 Å². The maximum atomic E-state index is 14.8. The first-order chi connectivity index (χ1) is 20.2.